The summed E-state index contributed by atoms with van der Waals surface area (Å²) >= 11 is 0. The van der Waals surface area contributed by atoms with E-state index in [0.29, 0.717) is 18.5 Å². The van der Waals surface area contributed by atoms with Crippen molar-refractivity contribution in [3.63, 3.8) is 0 Å². The van der Waals surface area contributed by atoms with Crippen molar-refractivity contribution in [2.75, 3.05) is 6.54 Å². The molecule has 2 unspecified atom stereocenters. The predicted octanol–water partition coefficient (Wildman–Crippen LogP) is 1.67. The van der Waals surface area contributed by atoms with Crippen LogP contribution in [0, 0.1) is 0 Å². The molecular formula is C15H24N2O4. The molecule has 21 heavy (non-hydrogen) atoms. The van der Waals surface area contributed by atoms with Gasteiger partial charge in [0, 0.05) is 12.6 Å². The molecule has 0 saturated carbocycles. The second-order valence-electron chi connectivity index (χ2n) is 5.92. The van der Waals surface area contributed by atoms with Gasteiger partial charge in [0.05, 0.1) is 6.10 Å². The fourth-order valence-corrected chi connectivity index (χ4v) is 1.77. The lowest BCUT2D eigenvalue weighted by Gasteiger charge is -2.21. The van der Waals surface area contributed by atoms with E-state index in [1.807, 2.05) is 0 Å². The molecule has 0 aliphatic rings. The third-order valence-corrected chi connectivity index (χ3v) is 2.76. The zero-order chi connectivity index (χ0) is 16.0. The van der Waals surface area contributed by atoms with E-state index in [2.05, 4.69) is 5.32 Å². The minimum Gasteiger partial charge on any atom is -0.508 e. The maximum Gasteiger partial charge on any atom is 0.407 e. The van der Waals surface area contributed by atoms with Crippen LogP contribution >= 0.6 is 0 Å². The second kappa shape index (κ2) is 7.28. The van der Waals surface area contributed by atoms with E-state index in [1.165, 1.54) is 12.1 Å². The summed E-state index contributed by atoms with van der Waals surface area (Å²) in [5.41, 5.74) is 5.88. The molecule has 5 N–H and O–H groups in total. The lowest BCUT2D eigenvalue weighted by atomic mass is 10.0. The van der Waals surface area contributed by atoms with Gasteiger partial charge in [-0.05, 0) is 44.9 Å². The summed E-state index contributed by atoms with van der Waals surface area (Å²) < 4.78 is 5.09. The highest BCUT2D eigenvalue weighted by Crippen LogP contribution is 2.21. The largest absolute Gasteiger partial charge is 0.508 e. The monoisotopic (exact) mass is 296 g/mol. The fourth-order valence-electron chi connectivity index (χ4n) is 1.77. The Labute approximate surface area is 124 Å². The molecule has 2 atom stereocenters. The summed E-state index contributed by atoms with van der Waals surface area (Å²) in [5.74, 6) is 0.0747. The molecule has 0 bridgehead atoms. The molecule has 6 heteroatoms. The van der Waals surface area contributed by atoms with Crippen LogP contribution in [0.5, 0.6) is 5.75 Å². The average molecular weight is 296 g/mol. The number of phenolic OH excluding ortho intramolecular Hbond substituents is 1. The Morgan fingerprint density at radius 3 is 2.67 bits per heavy atom. The molecule has 1 aromatic carbocycles. The Balaban J connectivity index is 2.40. The number of benzene rings is 1. The number of rotatable bonds is 5. The van der Waals surface area contributed by atoms with Gasteiger partial charge in [-0.3, -0.25) is 0 Å². The number of nitrogens with two attached hydrogens (primary N) is 1. The smallest absolute Gasteiger partial charge is 0.407 e. The summed E-state index contributed by atoms with van der Waals surface area (Å²) in [7, 11) is 0. The maximum absolute atomic E-state index is 11.5. The van der Waals surface area contributed by atoms with E-state index < -0.39 is 23.8 Å². The first-order valence-electron chi connectivity index (χ1n) is 6.88. The van der Waals surface area contributed by atoms with Gasteiger partial charge in [0.25, 0.3) is 0 Å². The Morgan fingerprint density at radius 1 is 1.43 bits per heavy atom. The Morgan fingerprint density at radius 2 is 2.10 bits per heavy atom. The molecule has 1 rings (SSSR count). The van der Waals surface area contributed by atoms with E-state index in [9.17, 15) is 15.0 Å². The molecular weight excluding hydrogens is 272 g/mol. The van der Waals surface area contributed by atoms with E-state index in [1.54, 1.807) is 32.9 Å². The number of hydrogen-bond donors (Lipinski definition) is 4. The van der Waals surface area contributed by atoms with Crippen LogP contribution in [0.1, 0.15) is 38.9 Å². The molecule has 6 nitrogen and oxygen atoms in total. The standard InChI is InChI=1S/C15H24N2O4/c1-15(2,3)21-14(20)17-8-7-12(16)13(19)10-5-4-6-11(18)9-10/h4-6,9,12-13,18-19H,7-8,16H2,1-3H3,(H,17,20). The number of aromatic hydroxyl groups is 1. The topological polar surface area (TPSA) is 105 Å². The SMILES string of the molecule is CC(C)(C)OC(=O)NCCC(N)C(O)c1cccc(O)c1. The van der Waals surface area contributed by atoms with Crippen LogP contribution in [0.25, 0.3) is 0 Å². The number of hydrogen-bond acceptors (Lipinski definition) is 5. The minimum absolute atomic E-state index is 0.0747. The summed E-state index contributed by atoms with van der Waals surface area (Å²) in [6.07, 6.45) is -1.03. The quantitative estimate of drug-likeness (QED) is 0.661. The molecule has 1 amide bonds. The van der Waals surface area contributed by atoms with Crippen molar-refractivity contribution < 1.29 is 19.7 Å². The number of aliphatic hydroxyl groups excluding tert-OH is 1. The number of aliphatic hydroxyl groups is 1. The molecule has 0 saturated heterocycles. The number of phenols is 1. The summed E-state index contributed by atoms with van der Waals surface area (Å²) in [6, 6.07) is 5.75. The second-order valence-corrected chi connectivity index (χ2v) is 5.92. The first-order chi connectivity index (χ1) is 9.69. The lowest BCUT2D eigenvalue weighted by Crippen LogP contribution is -2.37. The van der Waals surface area contributed by atoms with Crippen LogP contribution < -0.4 is 11.1 Å². The van der Waals surface area contributed by atoms with Crippen LogP contribution in [-0.2, 0) is 4.74 Å². The number of nitrogens with one attached hydrogen (secondary N) is 1. The first-order valence-corrected chi connectivity index (χ1v) is 6.88. The minimum atomic E-state index is -0.905. The van der Waals surface area contributed by atoms with E-state index >= 15 is 0 Å². The van der Waals surface area contributed by atoms with Crippen molar-refractivity contribution in [3.05, 3.63) is 29.8 Å². The number of carbonyl (C=O) groups excluding carboxylic acids is 1. The van der Waals surface area contributed by atoms with Gasteiger partial charge in [0.2, 0.25) is 0 Å². The van der Waals surface area contributed by atoms with Gasteiger partial charge in [-0.25, -0.2) is 4.79 Å². The number of carbonyl (C=O) groups is 1. The third-order valence-electron chi connectivity index (χ3n) is 2.76. The first kappa shape index (κ1) is 17.3. The highest BCUT2D eigenvalue weighted by atomic mass is 16.6. The molecule has 0 aliphatic heterocycles. The summed E-state index contributed by atoms with van der Waals surface area (Å²) in [5, 5.41) is 22.0. The predicted molar refractivity (Wildman–Crippen MR) is 79.9 cm³/mol. The normalized spacial score (nSPS) is 14.3. The molecule has 0 radical (unpaired) electrons. The number of ether oxygens (including phenoxy) is 1. The Bertz CT molecular complexity index is 471. The van der Waals surface area contributed by atoms with Gasteiger partial charge in [-0.15, -0.1) is 0 Å². The summed E-state index contributed by atoms with van der Waals surface area (Å²) in [4.78, 5) is 11.5. The van der Waals surface area contributed by atoms with Crippen LogP contribution in [0.15, 0.2) is 24.3 Å². The Kier molecular flexibility index (Phi) is 5.99. The van der Waals surface area contributed by atoms with Crippen LogP contribution in [0.3, 0.4) is 0 Å². The van der Waals surface area contributed by atoms with Crippen LogP contribution in [0.2, 0.25) is 0 Å². The molecule has 1 aromatic rings. The van der Waals surface area contributed by atoms with Crippen molar-refractivity contribution in [1.82, 2.24) is 5.32 Å². The van der Waals surface area contributed by atoms with Crippen molar-refractivity contribution in [1.29, 1.82) is 0 Å². The fraction of sp³-hybridized carbons (Fsp3) is 0.533. The molecule has 0 fully saturated rings. The van der Waals surface area contributed by atoms with Crippen molar-refractivity contribution in [3.8, 4) is 5.75 Å². The molecule has 0 aliphatic carbocycles. The van der Waals surface area contributed by atoms with E-state index in [-0.39, 0.29) is 5.75 Å². The summed E-state index contributed by atoms with van der Waals surface area (Å²) in [6.45, 7) is 5.64. The molecule has 0 heterocycles. The van der Waals surface area contributed by atoms with Crippen LogP contribution in [-0.4, -0.2) is 34.5 Å². The average Bonchev–Trinajstić information content (AvgIpc) is 2.35. The van der Waals surface area contributed by atoms with Crippen molar-refractivity contribution >= 4 is 6.09 Å². The zero-order valence-electron chi connectivity index (χ0n) is 12.7. The molecule has 0 aromatic heterocycles. The van der Waals surface area contributed by atoms with Gasteiger partial charge in [-0.2, -0.15) is 0 Å². The number of alkyl carbamates (subject to hydrolysis) is 1. The van der Waals surface area contributed by atoms with Gasteiger partial charge in [0.1, 0.15) is 11.4 Å². The lowest BCUT2D eigenvalue weighted by molar-refractivity contribution is 0.0521. The van der Waals surface area contributed by atoms with Gasteiger partial charge in [0.15, 0.2) is 0 Å². The zero-order valence-corrected chi connectivity index (χ0v) is 12.7. The third kappa shape index (κ3) is 6.46. The highest BCUT2D eigenvalue weighted by Gasteiger charge is 2.19. The van der Waals surface area contributed by atoms with Crippen LogP contribution in [0.4, 0.5) is 4.79 Å². The van der Waals surface area contributed by atoms with Gasteiger partial charge >= 0.3 is 6.09 Å². The molecule has 118 valence electrons. The molecule has 0 spiro atoms. The van der Waals surface area contributed by atoms with E-state index in [0.717, 1.165) is 0 Å². The van der Waals surface area contributed by atoms with Gasteiger partial charge in [-0.1, -0.05) is 12.1 Å². The maximum atomic E-state index is 11.5. The van der Waals surface area contributed by atoms with E-state index in [4.69, 9.17) is 10.5 Å². The van der Waals surface area contributed by atoms with Gasteiger partial charge < -0.3 is 26.0 Å². The Hall–Kier alpha value is -1.79. The number of amides is 1. The van der Waals surface area contributed by atoms with Crippen molar-refractivity contribution in [2.24, 2.45) is 5.73 Å². The highest BCUT2D eigenvalue weighted by molar-refractivity contribution is 5.67. The van der Waals surface area contributed by atoms with Crippen molar-refractivity contribution in [2.45, 2.75) is 44.9 Å².